The van der Waals surface area contributed by atoms with E-state index in [0.717, 1.165) is 36.1 Å². The summed E-state index contributed by atoms with van der Waals surface area (Å²) in [6.07, 6.45) is 2.61. The number of benzene rings is 1. The zero-order valence-corrected chi connectivity index (χ0v) is 14.8. The van der Waals surface area contributed by atoms with Crippen molar-refractivity contribution < 1.29 is 4.74 Å². The molecule has 0 aliphatic rings. The number of guanidine groups is 1. The monoisotopic (exact) mass is 346 g/mol. The van der Waals surface area contributed by atoms with Crippen LogP contribution in [0.2, 0.25) is 5.02 Å². The highest BCUT2D eigenvalue weighted by Crippen LogP contribution is 2.14. The molecule has 0 saturated carbocycles. The number of aliphatic imine (C=N–C) groups is 1. The van der Waals surface area contributed by atoms with E-state index in [-0.39, 0.29) is 0 Å². The van der Waals surface area contributed by atoms with Gasteiger partial charge in [0, 0.05) is 29.9 Å². The minimum atomic E-state index is 0.507. The lowest BCUT2D eigenvalue weighted by Gasteiger charge is -2.12. The Morgan fingerprint density at radius 1 is 1.21 bits per heavy atom. The number of methoxy groups -OCH3 is 1. The smallest absolute Gasteiger partial charge is 0.218 e. The van der Waals surface area contributed by atoms with Crippen LogP contribution in [0.3, 0.4) is 0 Å². The van der Waals surface area contributed by atoms with Crippen LogP contribution in [0.15, 0.2) is 47.6 Å². The van der Waals surface area contributed by atoms with E-state index in [0.29, 0.717) is 12.4 Å². The van der Waals surface area contributed by atoms with E-state index in [1.54, 1.807) is 13.3 Å². The number of aromatic nitrogens is 1. The predicted molar refractivity (Wildman–Crippen MR) is 98.8 cm³/mol. The Balaban J connectivity index is 1.91. The standard InChI is InChI=1S/C18H23ClN4O/c1-3-20-18(22-12-10-14-6-8-16(19)9-7-14)23-13-15-5-4-11-21-17(15)24-2/h4-9,11H,3,10,12-13H2,1-2H3,(H2,20,22,23). The van der Waals surface area contributed by atoms with Crippen molar-refractivity contribution in [2.24, 2.45) is 4.99 Å². The summed E-state index contributed by atoms with van der Waals surface area (Å²) >= 11 is 5.90. The van der Waals surface area contributed by atoms with Crippen LogP contribution in [0.25, 0.3) is 0 Å². The SMILES string of the molecule is CCNC(=NCc1cccnc1OC)NCCc1ccc(Cl)cc1. The molecule has 6 heteroatoms. The fraction of sp³-hybridized carbons (Fsp3) is 0.333. The van der Waals surface area contributed by atoms with Crippen LogP contribution in [0.4, 0.5) is 0 Å². The highest BCUT2D eigenvalue weighted by Gasteiger charge is 2.03. The van der Waals surface area contributed by atoms with Gasteiger partial charge >= 0.3 is 0 Å². The average Bonchev–Trinajstić information content (AvgIpc) is 2.61. The molecule has 0 fully saturated rings. The number of nitrogens with zero attached hydrogens (tertiary/aromatic N) is 2. The van der Waals surface area contributed by atoms with E-state index in [4.69, 9.17) is 16.3 Å². The average molecular weight is 347 g/mol. The quantitative estimate of drug-likeness (QED) is 0.597. The van der Waals surface area contributed by atoms with Gasteiger partial charge in [-0.15, -0.1) is 0 Å². The summed E-state index contributed by atoms with van der Waals surface area (Å²) < 4.78 is 5.25. The van der Waals surface area contributed by atoms with Gasteiger partial charge in [-0.2, -0.15) is 0 Å². The Hall–Kier alpha value is -2.27. The molecule has 0 radical (unpaired) electrons. The van der Waals surface area contributed by atoms with Gasteiger partial charge in [0.05, 0.1) is 13.7 Å². The van der Waals surface area contributed by atoms with Crippen LogP contribution in [0.1, 0.15) is 18.1 Å². The van der Waals surface area contributed by atoms with Gasteiger partial charge in [-0.3, -0.25) is 0 Å². The first-order chi connectivity index (χ1) is 11.7. The zero-order chi connectivity index (χ0) is 17.2. The third kappa shape index (κ3) is 5.74. The summed E-state index contributed by atoms with van der Waals surface area (Å²) in [6.45, 7) is 4.14. The maximum absolute atomic E-state index is 5.90. The highest BCUT2D eigenvalue weighted by atomic mass is 35.5. The third-order valence-electron chi connectivity index (χ3n) is 3.41. The van der Waals surface area contributed by atoms with Gasteiger partial charge < -0.3 is 15.4 Å². The van der Waals surface area contributed by atoms with Crippen LogP contribution in [-0.4, -0.2) is 31.1 Å². The number of halogens is 1. The molecule has 0 atom stereocenters. The Morgan fingerprint density at radius 2 is 2.00 bits per heavy atom. The second kappa shape index (κ2) is 9.78. The molecule has 1 heterocycles. The van der Waals surface area contributed by atoms with Crippen LogP contribution >= 0.6 is 11.6 Å². The second-order valence-electron chi connectivity index (χ2n) is 5.17. The number of ether oxygens (including phenoxy) is 1. The summed E-state index contributed by atoms with van der Waals surface area (Å²) in [5.74, 6) is 1.38. The molecule has 2 N–H and O–H groups in total. The lowest BCUT2D eigenvalue weighted by Crippen LogP contribution is -2.38. The summed E-state index contributed by atoms with van der Waals surface area (Å²) in [4.78, 5) is 8.78. The third-order valence-corrected chi connectivity index (χ3v) is 3.67. The Kier molecular flexibility index (Phi) is 7.36. The molecular formula is C18H23ClN4O. The minimum absolute atomic E-state index is 0.507. The summed E-state index contributed by atoms with van der Waals surface area (Å²) in [7, 11) is 1.62. The van der Waals surface area contributed by atoms with Crippen molar-refractivity contribution in [3.05, 3.63) is 58.7 Å². The van der Waals surface area contributed by atoms with E-state index < -0.39 is 0 Å². The summed E-state index contributed by atoms with van der Waals surface area (Å²) in [6, 6.07) is 11.7. The molecule has 128 valence electrons. The molecule has 2 rings (SSSR count). The molecule has 1 aromatic carbocycles. The van der Waals surface area contributed by atoms with E-state index >= 15 is 0 Å². The van der Waals surface area contributed by atoms with Gasteiger partial charge in [0.15, 0.2) is 5.96 Å². The Labute approximate surface area is 148 Å². The fourth-order valence-corrected chi connectivity index (χ4v) is 2.34. The zero-order valence-electron chi connectivity index (χ0n) is 14.1. The van der Waals surface area contributed by atoms with Crippen LogP contribution in [0, 0.1) is 0 Å². The number of hydrogen-bond donors (Lipinski definition) is 2. The largest absolute Gasteiger partial charge is 0.481 e. The van der Waals surface area contributed by atoms with Crippen molar-refractivity contribution in [2.45, 2.75) is 19.9 Å². The molecule has 0 unspecified atom stereocenters. The topological polar surface area (TPSA) is 58.5 Å². The molecule has 0 bridgehead atoms. The molecule has 0 spiro atoms. The second-order valence-corrected chi connectivity index (χ2v) is 5.61. The normalized spacial score (nSPS) is 11.2. The van der Waals surface area contributed by atoms with Gasteiger partial charge in [-0.05, 0) is 37.1 Å². The van der Waals surface area contributed by atoms with Gasteiger partial charge in [0.2, 0.25) is 5.88 Å². The molecule has 2 aromatic rings. The number of rotatable bonds is 7. The first-order valence-electron chi connectivity index (χ1n) is 7.97. The maximum atomic E-state index is 5.90. The first-order valence-corrected chi connectivity index (χ1v) is 8.35. The van der Waals surface area contributed by atoms with Crippen LogP contribution in [0.5, 0.6) is 5.88 Å². The van der Waals surface area contributed by atoms with E-state index in [1.165, 1.54) is 5.56 Å². The van der Waals surface area contributed by atoms with Crippen molar-refractivity contribution >= 4 is 17.6 Å². The van der Waals surface area contributed by atoms with Crippen molar-refractivity contribution in [3.63, 3.8) is 0 Å². The van der Waals surface area contributed by atoms with Crippen molar-refractivity contribution in [2.75, 3.05) is 20.2 Å². The number of pyridine rings is 1. The first kappa shape index (κ1) is 18.1. The van der Waals surface area contributed by atoms with Gasteiger partial charge in [-0.25, -0.2) is 9.98 Å². The molecule has 1 aromatic heterocycles. The van der Waals surface area contributed by atoms with E-state index in [1.807, 2.05) is 43.3 Å². The summed E-state index contributed by atoms with van der Waals surface area (Å²) in [5.41, 5.74) is 2.19. The Bertz CT molecular complexity index is 658. The number of nitrogens with one attached hydrogen (secondary N) is 2. The number of hydrogen-bond acceptors (Lipinski definition) is 3. The molecule has 24 heavy (non-hydrogen) atoms. The van der Waals surface area contributed by atoms with Crippen LogP contribution in [-0.2, 0) is 13.0 Å². The molecule has 5 nitrogen and oxygen atoms in total. The van der Waals surface area contributed by atoms with E-state index in [2.05, 4.69) is 20.6 Å². The lowest BCUT2D eigenvalue weighted by atomic mass is 10.1. The van der Waals surface area contributed by atoms with Crippen molar-refractivity contribution in [3.8, 4) is 5.88 Å². The summed E-state index contributed by atoms with van der Waals surface area (Å²) in [5, 5.41) is 7.33. The molecular weight excluding hydrogens is 324 g/mol. The van der Waals surface area contributed by atoms with Crippen molar-refractivity contribution in [1.29, 1.82) is 0 Å². The molecule has 0 amide bonds. The Morgan fingerprint density at radius 3 is 2.71 bits per heavy atom. The predicted octanol–water partition coefficient (Wildman–Crippen LogP) is 3.04. The lowest BCUT2D eigenvalue weighted by molar-refractivity contribution is 0.392. The maximum Gasteiger partial charge on any atom is 0.218 e. The molecule has 0 aliphatic carbocycles. The highest BCUT2D eigenvalue weighted by molar-refractivity contribution is 6.30. The van der Waals surface area contributed by atoms with Gasteiger partial charge in [-0.1, -0.05) is 29.8 Å². The van der Waals surface area contributed by atoms with Gasteiger partial charge in [0.25, 0.3) is 0 Å². The van der Waals surface area contributed by atoms with Gasteiger partial charge in [0.1, 0.15) is 0 Å². The molecule has 0 saturated heterocycles. The molecule has 0 aliphatic heterocycles. The fourth-order valence-electron chi connectivity index (χ4n) is 2.21. The van der Waals surface area contributed by atoms with E-state index in [9.17, 15) is 0 Å². The van der Waals surface area contributed by atoms with Crippen molar-refractivity contribution in [1.82, 2.24) is 15.6 Å². The van der Waals surface area contributed by atoms with Crippen LogP contribution < -0.4 is 15.4 Å². The minimum Gasteiger partial charge on any atom is -0.481 e.